The Bertz CT molecular complexity index is 1070. The van der Waals surface area contributed by atoms with Crippen molar-refractivity contribution in [2.24, 2.45) is 5.10 Å². The van der Waals surface area contributed by atoms with Gasteiger partial charge in [-0.05, 0) is 73.7 Å². The highest BCUT2D eigenvalue weighted by molar-refractivity contribution is 9.10. The van der Waals surface area contributed by atoms with Crippen molar-refractivity contribution in [2.75, 3.05) is 11.9 Å². The van der Waals surface area contributed by atoms with E-state index in [0.717, 1.165) is 10.2 Å². The van der Waals surface area contributed by atoms with Gasteiger partial charge >= 0.3 is 5.97 Å². The summed E-state index contributed by atoms with van der Waals surface area (Å²) in [6.45, 7) is 2.46. The van der Waals surface area contributed by atoms with Gasteiger partial charge in [-0.3, -0.25) is 5.43 Å². The van der Waals surface area contributed by atoms with Gasteiger partial charge in [-0.25, -0.2) is 4.79 Å². The second-order valence-corrected chi connectivity index (χ2v) is 7.54. The smallest absolute Gasteiger partial charge is 0.343 e. The van der Waals surface area contributed by atoms with E-state index in [1.54, 1.807) is 42.5 Å². The summed E-state index contributed by atoms with van der Waals surface area (Å²) in [7, 11) is 0. The maximum atomic E-state index is 12.5. The van der Waals surface area contributed by atoms with E-state index in [2.05, 4.69) is 31.8 Å². The standard InChI is InChI=1S/C23H20BrN3O3S/c1-2-29-20-11-8-16(9-12-20)22(28)30-21-13-10-18(24)14-17(21)15-25-27-23(31)26-19-6-4-3-5-7-19/h3-15H,2H2,1H3,(H2,26,27,31). The summed E-state index contributed by atoms with van der Waals surface area (Å²) in [5.41, 5.74) is 4.62. The number of rotatable bonds is 7. The topological polar surface area (TPSA) is 72.0 Å². The first-order valence-electron chi connectivity index (χ1n) is 9.45. The normalized spacial score (nSPS) is 10.5. The molecular weight excluding hydrogens is 478 g/mol. The highest BCUT2D eigenvalue weighted by atomic mass is 79.9. The third-order valence-corrected chi connectivity index (χ3v) is 4.66. The SMILES string of the molecule is CCOc1ccc(C(=O)Oc2ccc(Br)cc2C=NNC(=S)Nc2ccccc2)cc1. The molecule has 0 aliphatic rings. The van der Waals surface area contributed by atoms with E-state index in [1.807, 2.05) is 37.3 Å². The lowest BCUT2D eigenvalue weighted by atomic mass is 10.2. The maximum Gasteiger partial charge on any atom is 0.343 e. The number of nitrogens with zero attached hydrogens (tertiary/aromatic N) is 1. The molecule has 6 nitrogen and oxygen atoms in total. The van der Waals surface area contributed by atoms with Crippen LogP contribution in [-0.4, -0.2) is 23.9 Å². The van der Waals surface area contributed by atoms with Gasteiger partial charge in [0.25, 0.3) is 0 Å². The number of nitrogens with one attached hydrogen (secondary N) is 2. The Hall–Kier alpha value is -3.23. The van der Waals surface area contributed by atoms with Gasteiger partial charge in [0.15, 0.2) is 5.11 Å². The minimum Gasteiger partial charge on any atom is -0.494 e. The molecule has 0 unspecified atom stereocenters. The Morgan fingerprint density at radius 3 is 2.55 bits per heavy atom. The van der Waals surface area contributed by atoms with E-state index >= 15 is 0 Å². The van der Waals surface area contributed by atoms with E-state index in [9.17, 15) is 4.79 Å². The average molecular weight is 498 g/mol. The average Bonchev–Trinajstić information content (AvgIpc) is 2.77. The monoisotopic (exact) mass is 497 g/mol. The van der Waals surface area contributed by atoms with Crippen LogP contribution in [0.15, 0.2) is 82.4 Å². The highest BCUT2D eigenvalue weighted by Crippen LogP contribution is 2.23. The van der Waals surface area contributed by atoms with Gasteiger partial charge in [-0.15, -0.1) is 0 Å². The molecule has 0 fully saturated rings. The molecule has 0 atom stereocenters. The highest BCUT2D eigenvalue weighted by Gasteiger charge is 2.12. The lowest BCUT2D eigenvalue weighted by Gasteiger charge is -2.09. The van der Waals surface area contributed by atoms with Crippen molar-refractivity contribution >= 4 is 51.1 Å². The van der Waals surface area contributed by atoms with Gasteiger partial charge in [0, 0.05) is 15.7 Å². The molecule has 0 saturated heterocycles. The van der Waals surface area contributed by atoms with Crippen LogP contribution in [0.4, 0.5) is 5.69 Å². The van der Waals surface area contributed by atoms with Crippen molar-refractivity contribution in [3.05, 3.63) is 88.4 Å². The molecule has 8 heteroatoms. The lowest BCUT2D eigenvalue weighted by molar-refractivity contribution is 0.0734. The summed E-state index contributed by atoms with van der Waals surface area (Å²) in [6.07, 6.45) is 1.53. The number of hydrogen-bond donors (Lipinski definition) is 2. The van der Waals surface area contributed by atoms with Crippen molar-refractivity contribution in [3.63, 3.8) is 0 Å². The summed E-state index contributed by atoms with van der Waals surface area (Å²) in [5, 5.41) is 7.51. The quantitative estimate of drug-likeness (QED) is 0.150. The van der Waals surface area contributed by atoms with Crippen molar-refractivity contribution in [3.8, 4) is 11.5 Å². The fourth-order valence-corrected chi connectivity index (χ4v) is 3.12. The minimum absolute atomic E-state index is 0.338. The first-order chi connectivity index (χ1) is 15.0. The van der Waals surface area contributed by atoms with Crippen LogP contribution in [0.2, 0.25) is 0 Å². The molecule has 0 amide bonds. The molecule has 3 aromatic rings. The Morgan fingerprint density at radius 2 is 1.84 bits per heavy atom. The van der Waals surface area contributed by atoms with Gasteiger partial charge in [-0.2, -0.15) is 5.10 Å². The third-order valence-electron chi connectivity index (χ3n) is 3.98. The number of para-hydroxylation sites is 1. The number of halogens is 1. The summed E-state index contributed by atoms with van der Waals surface area (Å²) < 4.78 is 11.8. The molecular formula is C23H20BrN3O3S. The van der Waals surface area contributed by atoms with Crippen LogP contribution in [0.25, 0.3) is 0 Å². The molecule has 3 aromatic carbocycles. The van der Waals surface area contributed by atoms with Gasteiger partial charge < -0.3 is 14.8 Å². The molecule has 0 heterocycles. The summed E-state index contributed by atoms with van der Waals surface area (Å²) >= 11 is 8.65. The van der Waals surface area contributed by atoms with Crippen molar-refractivity contribution in [2.45, 2.75) is 6.92 Å². The van der Waals surface area contributed by atoms with E-state index in [-0.39, 0.29) is 0 Å². The van der Waals surface area contributed by atoms with Gasteiger partial charge in [0.1, 0.15) is 11.5 Å². The van der Waals surface area contributed by atoms with E-state index in [1.165, 1.54) is 6.21 Å². The van der Waals surface area contributed by atoms with E-state index < -0.39 is 5.97 Å². The molecule has 2 N–H and O–H groups in total. The number of thiocarbonyl (C=S) groups is 1. The van der Waals surface area contributed by atoms with Gasteiger partial charge in [-0.1, -0.05) is 34.1 Å². The second kappa shape index (κ2) is 11.2. The zero-order valence-electron chi connectivity index (χ0n) is 16.7. The number of carbonyl (C=O) groups excluding carboxylic acids is 1. The van der Waals surface area contributed by atoms with Gasteiger partial charge in [0.05, 0.1) is 18.4 Å². The van der Waals surface area contributed by atoms with Crippen LogP contribution in [0, 0.1) is 0 Å². The molecule has 0 bridgehead atoms. The molecule has 0 radical (unpaired) electrons. The number of hydrogen-bond acceptors (Lipinski definition) is 5. The second-order valence-electron chi connectivity index (χ2n) is 6.22. The first-order valence-corrected chi connectivity index (χ1v) is 10.6. The number of esters is 1. The first kappa shape index (κ1) is 22.5. The Kier molecular flexibility index (Phi) is 8.14. The van der Waals surface area contributed by atoms with Crippen LogP contribution >= 0.6 is 28.1 Å². The zero-order valence-corrected chi connectivity index (χ0v) is 19.1. The van der Waals surface area contributed by atoms with Crippen LogP contribution in [0.1, 0.15) is 22.8 Å². The predicted molar refractivity (Wildman–Crippen MR) is 130 cm³/mol. The van der Waals surface area contributed by atoms with Crippen LogP contribution in [0.5, 0.6) is 11.5 Å². The van der Waals surface area contributed by atoms with E-state index in [4.69, 9.17) is 21.7 Å². The molecule has 0 aromatic heterocycles. The molecule has 31 heavy (non-hydrogen) atoms. The Balaban J connectivity index is 1.66. The summed E-state index contributed by atoms with van der Waals surface area (Å²) in [4.78, 5) is 12.5. The Labute approximate surface area is 194 Å². The third kappa shape index (κ3) is 6.91. The number of carbonyl (C=O) groups is 1. The fourth-order valence-electron chi connectivity index (χ4n) is 2.57. The molecule has 0 saturated carbocycles. The summed E-state index contributed by atoms with van der Waals surface area (Å²) in [5.74, 6) is 0.588. The lowest BCUT2D eigenvalue weighted by Crippen LogP contribution is -2.23. The number of hydrazone groups is 1. The minimum atomic E-state index is -0.478. The molecule has 3 rings (SSSR count). The maximum absolute atomic E-state index is 12.5. The number of ether oxygens (including phenoxy) is 2. The predicted octanol–water partition coefficient (Wildman–Crippen LogP) is 5.39. The van der Waals surface area contributed by atoms with Gasteiger partial charge in [0.2, 0.25) is 0 Å². The number of benzene rings is 3. The van der Waals surface area contributed by atoms with Crippen LogP contribution in [0.3, 0.4) is 0 Å². The molecule has 0 spiro atoms. The van der Waals surface area contributed by atoms with E-state index in [0.29, 0.717) is 34.3 Å². The van der Waals surface area contributed by atoms with Crippen LogP contribution in [-0.2, 0) is 0 Å². The summed E-state index contributed by atoms with van der Waals surface area (Å²) in [6, 6.07) is 21.6. The Morgan fingerprint density at radius 1 is 1.10 bits per heavy atom. The number of anilines is 1. The zero-order chi connectivity index (χ0) is 22.1. The fraction of sp³-hybridized carbons (Fsp3) is 0.0870. The molecule has 0 aliphatic heterocycles. The molecule has 158 valence electrons. The van der Waals surface area contributed by atoms with Crippen molar-refractivity contribution in [1.29, 1.82) is 0 Å². The molecule has 0 aliphatic carbocycles. The van der Waals surface area contributed by atoms with Crippen molar-refractivity contribution in [1.82, 2.24) is 5.43 Å². The van der Waals surface area contributed by atoms with Crippen LogP contribution < -0.4 is 20.2 Å². The van der Waals surface area contributed by atoms with Crippen molar-refractivity contribution < 1.29 is 14.3 Å². The largest absolute Gasteiger partial charge is 0.494 e.